The summed E-state index contributed by atoms with van der Waals surface area (Å²) >= 11 is 0. The van der Waals surface area contributed by atoms with Crippen LogP contribution >= 0.6 is 0 Å². The van der Waals surface area contributed by atoms with Gasteiger partial charge in [0.25, 0.3) is 0 Å². The summed E-state index contributed by atoms with van der Waals surface area (Å²) in [4.78, 5) is 46.3. The van der Waals surface area contributed by atoms with Crippen LogP contribution in [0.25, 0.3) is 5.69 Å². The number of imidazole rings is 1. The minimum absolute atomic E-state index is 0.243. The van der Waals surface area contributed by atoms with Crippen LogP contribution in [0.1, 0.15) is 65.8 Å². The minimum Gasteiger partial charge on any atom is -0.443 e. The molecule has 2 aromatic rings. The SMILES string of the molecule is CC(C)(C)OC(=O)N1CCCC(Cc2ncn3c2CN(C(=O)OC(C)(C)C)c2ccccc2-3)C1=O. The van der Waals surface area contributed by atoms with Crippen LogP contribution in [0.3, 0.4) is 0 Å². The third-order valence-corrected chi connectivity index (χ3v) is 5.91. The maximum absolute atomic E-state index is 13.2. The molecule has 1 aromatic heterocycles. The summed E-state index contributed by atoms with van der Waals surface area (Å²) in [7, 11) is 0. The van der Waals surface area contributed by atoms with Gasteiger partial charge in [0.05, 0.1) is 35.6 Å². The molecule has 0 saturated carbocycles. The van der Waals surface area contributed by atoms with Gasteiger partial charge in [-0.05, 0) is 66.5 Å². The summed E-state index contributed by atoms with van der Waals surface area (Å²) in [6, 6.07) is 7.59. The van der Waals surface area contributed by atoms with Crippen LogP contribution in [-0.4, -0.2) is 50.3 Å². The van der Waals surface area contributed by atoms with Crippen LogP contribution < -0.4 is 4.90 Å². The fourth-order valence-electron chi connectivity index (χ4n) is 4.44. The number of para-hydroxylation sites is 2. The van der Waals surface area contributed by atoms with Crippen LogP contribution in [-0.2, 0) is 27.2 Å². The van der Waals surface area contributed by atoms with Crippen molar-refractivity contribution in [2.75, 3.05) is 11.4 Å². The highest BCUT2D eigenvalue weighted by Gasteiger charge is 2.37. The summed E-state index contributed by atoms with van der Waals surface area (Å²) in [5.74, 6) is -0.629. The van der Waals surface area contributed by atoms with Crippen molar-refractivity contribution in [1.29, 1.82) is 0 Å². The molecule has 2 aliphatic heterocycles. The molecule has 3 amide bonds. The number of hydrogen-bond donors (Lipinski definition) is 0. The number of rotatable bonds is 2. The molecule has 188 valence electrons. The number of aromatic nitrogens is 2. The molecule has 9 nitrogen and oxygen atoms in total. The van der Waals surface area contributed by atoms with Crippen molar-refractivity contribution in [2.45, 2.75) is 78.6 Å². The molecule has 3 heterocycles. The van der Waals surface area contributed by atoms with E-state index >= 15 is 0 Å². The molecule has 0 aliphatic carbocycles. The lowest BCUT2D eigenvalue weighted by Gasteiger charge is -2.34. The van der Waals surface area contributed by atoms with Crippen LogP contribution in [0.4, 0.5) is 15.3 Å². The van der Waals surface area contributed by atoms with Gasteiger partial charge >= 0.3 is 12.2 Å². The Hall–Kier alpha value is -3.36. The summed E-state index contributed by atoms with van der Waals surface area (Å²) in [6.45, 7) is 11.5. The summed E-state index contributed by atoms with van der Waals surface area (Å²) in [5.41, 5.74) is 1.82. The van der Waals surface area contributed by atoms with E-state index in [1.807, 2.05) is 49.6 Å². The minimum atomic E-state index is -0.675. The van der Waals surface area contributed by atoms with Gasteiger partial charge in [-0.1, -0.05) is 12.1 Å². The van der Waals surface area contributed by atoms with E-state index in [1.165, 1.54) is 4.90 Å². The first-order chi connectivity index (χ1) is 16.3. The van der Waals surface area contributed by atoms with E-state index in [-0.39, 0.29) is 18.4 Å². The van der Waals surface area contributed by atoms with Gasteiger partial charge < -0.3 is 9.47 Å². The van der Waals surface area contributed by atoms with Gasteiger partial charge in [-0.25, -0.2) is 19.5 Å². The van der Waals surface area contributed by atoms with E-state index in [0.29, 0.717) is 25.8 Å². The Labute approximate surface area is 206 Å². The average Bonchev–Trinajstić information content (AvgIpc) is 3.15. The van der Waals surface area contributed by atoms with E-state index in [0.717, 1.165) is 22.8 Å². The predicted molar refractivity (Wildman–Crippen MR) is 130 cm³/mol. The number of amides is 3. The molecule has 1 atom stereocenters. The van der Waals surface area contributed by atoms with E-state index < -0.39 is 23.4 Å². The second-order valence-corrected chi connectivity index (χ2v) is 11.1. The molecule has 1 unspecified atom stereocenters. The van der Waals surface area contributed by atoms with Crippen LogP contribution in [0.2, 0.25) is 0 Å². The number of hydrogen-bond acceptors (Lipinski definition) is 6. The number of likely N-dealkylation sites (tertiary alicyclic amines) is 1. The van der Waals surface area contributed by atoms with Gasteiger partial charge in [0.15, 0.2) is 0 Å². The molecule has 9 heteroatoms. The van der Waals surface area contributed by atoms with Crippen molar-refractivity contribution < 1.29 is 23.9 Å². The van der Waals surface area contributed by atoms with Crippen molar-refractivity contribution in [1.82, 2.24) is 14.5 Å². The molecule has 1 saturated heterocycles. The Morgan fingerprint density at radius 3 is 2.20 bits per heavy atom. The summed E-state index contributed by atoms with van der Waals surface area (Å²) < 4.78 is 13.0. The maximum atomic E-state index is 13.2. The molecule has 1 aromatic carbocycles. The van der Waals surface area contributed by atoms with Crippen molar-refractivity contribution in [3.8, 4) is 5.69 Å². The number of nitrogens with zero attached hydrogens (tertiary/aromatic N) is 4. The zero-order valence-corrected chi connectivity index (χ0v) is 21.3. The number of benzene rings is 1. The van der Waals surface area contributed by atoms with Gasteiger partial charge in [-0.15, -0.1) is 0 Å². The molecule has 0 radical (unpaired) electrons. The van der Waals surface area contributed by atoms with Crippen molar-refractivity contribution in [3.63, 3.8) is 0 Å². The second-order valence-electron chi connectivity index (χ2n) is 11.1. The number of carbonyl (C=O) groups excluding carboxylic acids is 3. The highest BCUT2D eigenvalue weighted by atomic mass is 16.6. The Balaban J connectivity index is 1.59. The second kappa shape index (κ2) is 9.02. The Morgan fingerprint density at radius 1 is 0.971 bits per heavy atom. The standard InChI is InChI=1S/C26H34N4O5/c1-25(2,3)34-23(32)28-13-9-10-17(22(28)31)14-18-21-15-29(24(33)35-26(4,5)6)19-11-7-8-12-20(19)30(21)16-27-18/h7-8,11-12,16-17H,9-10,13-15H2,1-6H3. The fraction of sp³-hybridized carbons (Fsp3) is 0.538. The lowest BCUT2D eigenvalue weighted by atomic mass is 9.92. The summed E-state index contributed by atoms with van der Waals surface area (Å²) in [6.07, 6.45) is 2.44. The number of fused-ring (bicyclic) bond motifs is 3. The van der Waals surface area contributed by atoms with Gasteiger partial charge in [0, 0.05) is 18.9 Å². The number of imide groups is 1. The Bertz CT molecular complexity index is 1140. The van der Waals surface area contributed by atoms with Crippen molar-refractivity contribution in [3.05, 3.63) is 42.0 Å². The molecule has 4 rings (SSSR count). The highest BCUT2D eigenvalue weighted by molar-refractivity contribution is 5.94. The lowest BCUT2D eigenvalue weighted by molar-refractivity contribution is -0.137. The molecule has 35 heavy (non-hydrogen) atoms. The number of anilines is 1. The van der Waals surface area contributed by atoms with Gasteiger partial charge in [0.2, 0.25) is 5.91 Å². The molecule has 0 N–H and O–H groups in total. The fourth-order valence-corrected chi connectivity index (χ4v) is 4.44. The van der Waals surface area contributed by atoms with Crippen LogP contribution in [0.5, 0.6) is 0 Å². The third-order valence-electron chi connectivity index (χ3n) is 5.91. The quantitative estimate of drug-likeness (QED) is 0.608. The van der Waals surface area contributed by atoms with Crippen molar-refractivity contribution in [2.24, 2.45) is 5.92 Å². The van der Waals surface area contributed by atoms with Gasteiger partial charge in [-0.2, -0.15) is 0 Å². The monoisotopic (exact) mass is 482 g/mol. The van der Waals surface area contributed by atoms with Gasteiger partial charge in [0.1, 0.15) is 11.2 Å². The number of piperidine rings is 1. The third kappa shape index (κ3) is 5.33. The molecule has 2 aliphatic rings. The van der Waals surface area contributed by atoms with E-state index in [4.69, 9.17) is 9.47 Å². The smallest absolute Gasteiger partial charge is 0.417 e. The normalized spacial score (nSPS) is 18.1. The van der Waals surface area contributed by atoms with E-state index in [9.17, 15) is 14.4 Å². The molecule has 0 spiro atoms. The lowest BCUT2D eigenvalue weighted by Crippen LogP contribution is -2.47. The zero-order chi connectivity index (χ0) is 25.5. The van der Waals surface area contributed by atoms with E-state index in [1.54, 1.807) is 32.0 Å². The predicted octanol–water partition coefficient (Wildman–Crippen LogP) is 4.84. The first kappa shape index (κ1) is 24.8. The Kier molecular flexibility index (Phi) is 6.38. The molecule has 1 fully saturated rings. The molecule has 0 bridgehead atoms. The highest BCUT2D eigenvalue weighted by Crippen LogP contribution is 2.35. The largest absolute Gasteiger partial charge is 0.443 e. The van der Waals surface area contributed by atoms with Crippen LogP contribution in [0.15, 0.2) is 30.6 Å². The van der Waals surface area contributed by atoms with Crippen molar-refractivity contribution >= 4 is 23.8 Å². The first-order valence-electron chi connectivity index (χ1n) is 12.0. The van der Waals surface area contributed by atoms with E-state index in [2.05, 4.69) is 4.98 Å². The summed E-state index contributed by atoms with van der Waals surface area (Å²) in [5, 5.41) is 0. The van der Waals surface area contributed by atoms with Gasteiger partial charge in [-0.3, -0.25) is 14.3 Å². The number of ether oxygens (including phenoxy) is 2. The first-order valence-corrected chi connectivity index (χ1v) is 12.0. The Morgan fingerprint density at radius 2 is 1.57 bits per heavy atom. The number of carbonyl (C=O) groups is 3. The maximum Gasteiger partial charge on any atom is 0.417 e. The molecular formula is C26H34N4O5. The topological polar surface area (TPSA) is 94.0 Å². The zero-order valence-electron chi connectivity index (χ0n) is 21.3. The van der Waals surface area contributed by atoms with Crippen LogP contribution in [0, 0.1) is 5.92 Å². The molecular weight excluding hydrogens is 448 g/mol. The average molecular weight is 483 g/mol.